The van der Waals surface area contributed by atoms with E-state index in [0.717, 1.165) is 35.7 Å². The summed E-state index contributed by atoms with van der Waals surface area (Å²) in [6.07, 6.45) is 3.69. The van der Waals surface area contributed by atoms with Crippen LogP contribution in [0.4, 0.5) is 0 Å². The van der Waals surface area contributed by atoms with Crippen LogP contribution in [-0.4, -0.2) is 18.7 Å². The van der Waals surface area contributed by atoms with Crippen molar-refractivity contribution in [3.63, 3.8) is 0 Å². The van der Waals surface area contributed by atoms with Crippen molar-refractivity contribution in [2.75, 3.05) is 6.54 Å². The Balaban J connectivity index is 2.03. The molecule has 0 aromatic heterocycles. The molecule has 0 spiro atoms. The smallest absolute Gasteiger partial charge is 0.122 e. The van der Waals surface area contributed by atoms with E-state index in [-0.39, 0.29) is 5.41 Å². The lowest BCUT2D eigenvalue weighted by atomic mass is 9.61. The van der Waals surface area contributed by atoms with E-state index in [1.807, 2.05) is 18.2 Å². The number of rotatable bonds is 6. The highest BCUT2D eigenvalue weighted by atomic mass is 35.5. The van der Waals surface area contributed by atoms with Gasteiger partial charge in [0.2, 0.25) is 0 Å². The van der Waals surface area contributed by atoms with E-state index >= 15 is 0 Å². The van der Waals surface area contributed by atoms with Gasteiger partial charge in [0.05, 0.1) is 0 Å². The van der Waals surface area contributed by atoms with Gasteiger partial charge in [-0.3, -0.25) is 0 Å². The van der Waals surface area contributed by atoms with E-state index in [1.165, 1.54) is 6.42 Å². The van der Waals surface area contributed by atoms with Crippen LogP contribution in [0.3, 0.4) is 0 Å². The molecule has 1 aromatic rings. The second-order valence-corrected chi connectivity index (χ2v) is 6.55. The van der Waals surface area contributed by atoms with Gasteiger partial charge in [0.15, 0.2) is 0 Å². The minimum absolute atomic E-state index is 0.223. The standard InChI is InChI=1S/C17H26ClNO/c1-5-9-19-15-11-16(17(15,4)6-2)20-14-8-7-13(18)10-12(14)3/h7-8,10,15-16,19H,5-6,9,11H2,1-4H3. The zero-order chi connectivity index (χ0) is 14.8. The first-order valence-corrected chi connectivity index (χ1v) is 8.05. The van der Waals surface area contributed by atoms with Crippen molar-refractivity contribution in [1.82, 2.24) is 5.32 Å². The van der Waals surface area contributed by atoms with Gasteiger partial charge in [-0.2, -0.15) is 0 Å². The molecule has 0 aliphatic heterocycles. The van der Waals surface area contributed by atoms with E-state index in [4.69, 9.17) is 16.3 Å². The summed E-state index contributed by atoms with van der Waals surface area (Å²) in [6, 6.07) is 6.43. The number of aryl methyl sites for hydroxylation is 1. The SMILES string of the molecule is CCCNC1CC(Oc2ccc(Cl)cc2C)C1(C)CC. The molecular weight excluding hydrogens is 270 g/mol. The summed E-state index contributed by atoms with van der Waals surface area (Å²) < 4.78 is 6.25. The molecule has 1 fully saturated rings. The molecule has 0 radical (unpaired) electrons. The number of hydrogen-bond donors (Lipinski definition) is 1. The molecule has 0 heterocycles. The van der Waals surface area contributed by atoms with Gasteiger partial charge >= 0.3 is 0 Å². The number of benzene rings is 1. The van der Waals surface area contributed by atoms with Crippen molar-refractivity contribution in [2.24, 2.45) is 5.41 Å². The highest BCUT2D eigenvalue weighted by Gasteiger charge is 2.51. The van der Waals surface area contributed by atoms with Gasteiger partial charge in [0, 0.05) is 22.9 Å². The minimum Gasteiger partial charge on any atom is -0.489 e. The Hall–Kier alpha value is -0.730. The average Bonchev–Trinajstić information content (AvgIpc) is 2.43. The van der Waals surface area contributed by atoms with Crippen LogP contribution >= 0.6 is 11.6 Å². The zero-order valence-electron chi connectivity index (χ0n) is 13.0. The summed E-state index contributed by atoms with van der Waals surface area (Å²) in [4.78, 5) is 0. The highest BCUT2D eigenvalue weighted by Crippen LogP contribution is 2.46. The first-order chi connectivity index (χ1) is 9.51. The third-order valence-electron chi connectivity index (χ3n) is 4.79. The van der Waals surface area contributed by atoms with Gasteiger partial charge in [-0.1, -0.05) is 32.4 Å². The predicted octanol–water partition coefficient (Wildman–Crippen LogP) is 4.58. The van der Waals surface area contributed by atoms with Gasteiger partial charge in [0.25, 0.3) is 0 Å². The quantitative estimate of drug-likeness (QED) is 0.829. The summed E-state index contributed by atoms with van der Waals surface area (Å²) in [7, 11) is 0. The maximum Gasteiger partial charge on any atom is 0.122 e. The summed E-state index contributed by atoms with van der Waals surface area (Å²) in [5.41, 5.74) is 1.34. The molecule has 1 saturated carbocycles. The Morgan fingerprint density at radius 3 is 2.75 bits per heavy atom. The molecular formula is C17H26ClNO. The van der Waals surface area contributed by atoms with Crippen LogP contribution < -0.4 is 10.1 Å². The third kappa shape index (κ3) is 2.96. The predicted molar refractivity (Wildman–Crippen MR) is 85.7 cm³/mol. The van der Waals surface area contributed by atoms with E-state index < -0.39 is 0 Å². The van der Waals surface area contributed by atoms with Crippen LogP contribution in [0.2, 0.25) is 5.02 Å². The second kappa shape index (κ2) is 6.36. The monoisotopic (exact) mass is 295 g/mol. The Morgan fingerprint density at radius 2 is 2.15 bits per heavy atom. The topological polar surface area (TPSA) is 21.3 Å². The van der Waals surface area contributed by atoms with Crippen LogP contribution in [0.15, 0.2) is 18.2 Å². The number of hydrogen-bond acceptors (Lipinski definition) is 2. The molecule has 1 aliphatic rings. The molecule has 112 valence electrons. The second-order valence-electron chi connectivity index (χ2n) is 6.12. The molecule has 2 nitrogen and oxygen atoms in total. The maximum atomic E-state index is 6.25. The van der Waals surface area contributed by atoms with E-state index in [9.17, 15) is 0 Å². The number of halogens is 1. The average molecular weight is 296 g/mol. The van der Waals surface area contributed by atoms with Crippen molar-refractivity contribution in [2.45, 2.75) is 59.1 Å². The summed E-state index contributed by atoms with van der Waals surface area (Å²) >= 11 is 6.00. The molecule has 0 saturated heterocycles. The molecule has 20 heavy (non-hydrogen) atoms. The molecule has 3 heteroatoms. The molecule has 1 aliphatic carbocycles. The Morgan fingerprint density at radius 1 is 1.40 bits per heavy atom. The lowest BCUT2D eigenvalue weighted by Gasteiger charge is -2.53. The summed E-state index contributed by atoms with van der Waals surface area (Å²) in [5.74, 6) is 0.966. The van der Waals surface area contributed by atoms with Crippen molar-refractivity contribution in [3.8, 4) is 5.75 Å². The lowest BCUT2D eigenvalue weighted by molar-refractivity contribution is -0.0704. The first kappa shape index (κ1) is 15.7. The molecule has 1 N–H and O–H groups in total. The van der Waals surface area contributed by atoms with Crippen LogP contribution in [0, 0.1) is 12.3 Å². The van der Waals surface area contributed by atoms with Crippen LogP contribution in [0.25, 0.3) is 0 Å². The van der Waals surface area contributed by atoms with Crippen LogP contribution in [-0.2, 0) is 0 Å². The fraction of sp³-hybridized carbons (Fsp3) is 0.647. The van der Waals surface area contributed by atoms with E-state index in [0.29, 0.717) is 12.1 Å². The summed E-state index contributed by atoms with van der Waals surface area (Å²) in [6.45, 7) is 9.94. The van der Waals surface area contributed by atoms with Crippen molar-refractivity contribution >= 4 is 11.6 Å². The molecule has 0 bridgehead atoms. The largest absolute Gasteiger partial charge is 0.489 e. The molecule has 3 unspecified atom stereocenters. The number of ether oxygens (including phenoxy) is 1. The first-order valence-electron chi connectivity index (χ1n) is 7.67. The van der Waals surface area contributed by atoms with E-state index in [2.05, 4.69) is 33.0 Å². The highest BCUT2D eigenvalue weighted by molar-refractivity contribution is 6.30. The van der Waals surface area contributed by atoms with Crippen molar-refractivity contribution < 1.29 is 4.74 Å². The Labute approximate surface area is 127 Å². The molecule has 2 rings (SSSR count). The summed E-state index contributed by atoms with van der Waals surface area (Å²) in [5, 5.41) is 4.42. The van der Waals surface area contributed by atoms with Gasteiger partial charge in [-0.15, -0.1) is 0 Å². The lowest BCUT2D eigenvalue weighted by Crippen LogP contribution is -2.63. The minimum atomic E-state index is 0.223. The normalized spacial score (nSPS) is 29.1. The Bertz CT molecular complexity index is 462. The molecule has 1 aromatic carbocycles. The van der Waals surface area contributed by atoms with E-state index in [1.54, 1.807) is 0 Å². The molecule has 3 atom stereocenters. The van der Waals surface area contributed by atoms with Crippen LogP contribution in [0.5, 0.6) is 5.75 Å². The van der Waals surface area contributed by atoms with Crippen molar-refractivity contribution in [3.05, 3.63) is 28.8 Å². The zero-order valence-corrected chi connectivity index (χ0v) is 13.8. The fourth-order valence-corrected chi connectivity index (χ4v) is 3.23. The maximum absolute atomic E-state index is 6.25. The van der Waals surface area contributed by atoms with Gasteiger partial charge in [-0.25, -0.2) is 0 Å². The molecule has 0 amide bonds. The van der Waals surface area contributed by atoms with Gasteiger partial charge < -0.3 is 10.1 Å². The van der Waals surface area contributed by atoms with Gasteiger partial charge in [-0.05, 0) is 50.1 Å². The van der Waals surface area contributed by atoms with Crippen LogP contribution in [0.1, 0.15) is 45.6 Å². The number of nitrogens with one attached hydrogen (secondary N) is 1. The Kier molecular flexibility index (Phi) is 4.98. The van der Waals surface area contributed by atoms with Gasteiger partial charge in [0.1, 0.15) is 11.9 Å². The van der Waals surface area contributed by atoms with Crippen molar-refractivity contribution in [1.29, 1.82) is 0 Å². The fourth-order valence-electron chi connectivity index (χ4n) is 3.01. The third-order valence-corrected chi connectivity index (χ3v) is 5.03.